The van der Waals surface area contributed by atoms with Gasteiger partial charge in [-0.3, -0.25) is 4.79 Å². The van der Waals surface area contributed by atoms with Crippen molar-refractivity contribution in [1.82, 2.24) is 9.80 Å². The number of aryl methyl sites for hydroxylation is 1. The Balaban J connectivity index is 1.51. The molecule has 0 aliphatic carbocycles. The van der Waals surface area contributed by atoms with Crippen molar-refractivity contribution in [2.45, 2.75) is 39.0 Å². The van der Waals surface area contributed by atoms with Crippen LogP contribution in [-0.4, -0.2) is 61.1 Å². The predicted octanol–water partition coefficient (Wildman–Crippen LogP) is 3.92. The van der Waals surface area contributed by atoms with Crippen LogP contribution in [0.3, 0.4) is 0 Å². The highest BCUT2D eigenvalue weighted by atomic mass is 35.5. The molecule has 0 aromatic heterocycles. The number of likely N-dealkylation sites (tertiary alicyclic amines) is 2. The molecule has 3 saturated heterocycles. The normalized spacial score (nSPS) is 24.0. The van der Waals surface area contributed by atoms with E-state index in [9.17, 15) is 9.59 Å². The molecule has 29 heavy (non-hydrogen) atoms. The molecule has 1 aromatic carbocycles. The van der Waals surface area contributed by atoms with E-state index in [1.165, 1.54) is 6.42 Å². The zero-order valence-corrected chi connectivity index (χ0v) is 17.8. The highest BCUT2D eigenvalue weighted by Crippen LogP contribution is 2.45. The zero-order chi connectivity index (χ0) is 20.4. The van der Waals surface area contributed by atoms with Crippen molar-refractivity contribution in [3.63, 3.8) is 0 Å². The largest absolute Gasteiger partial charge is 0.381 e. The lowest BCUT2D eigenvalue weighted by atomic mass is 9.71. The molecule has 3 fully saturated rings. The van der Waals surface area contributed by atoms with Crippen LogP contribution in [0.2, 0.25) is 5.02 Å². The summed E-state index contributed by atoms with van der Waals surface area (Å²) in [6, 6.07) is 5.40. The van der Waals surface area contributed by atoms with E-state index in [-0.39, 0.29) is 23.3 Å². The quantitative estimate of drug-likeness (QED) is 0.790. The highest BCUT2D eigenvalue weighted by Gasteiger charge is 2.52. The van der Waals surface area contributed by atoms with Gasteiger partial charge in [-0.15, -0.1) is 0 Å². The highest BCUT2D eigenvalue weighted by molar-refractivity contribution is 6.33. The second kappa shape index (κ2) is 8.52. The van der Waals surface area contributed by atoms with Crippen LogP contribution < -0.4 is 5.32 Å². The van der Waals surface area contributed by atoms with Gasteiger partial charge in [-0.2, -0.15) is 0 Å². The number of nitrogens with one attached hydrogen (secondary N) is 1. The summed E-state index contributed by atoms with van der Waals surface area (Å²) in [5.41, 5.74) is 1.47. The summed E-state index contributed by atoms with van der Waals surface area (Å²) >= 11 is 6.29. The first-order valence-corrected chi connectivity index (χ1v) is 11.0. The summed E-state index contributed by atoms with van der Waals surface area (Å²) in [5, 5.41) is 3.47. The van der Waals surface area contributed by atoms with E-state index in [0.29, 0.717) is 37.0 Å². The number of halogens is 1. The number of urea groups is 1. The third-order valence-electron chi connectivity index (χ3n) is 6.76. The minimum atomic E-state index is -0.185. The number of hydrogen-bond donors (Lipinski definition) is 1. The number of carbonyl (C=O) groups is 2. The number of carbonyl (C=O) groups excluding carboxylic acids is 2. The Kier molecular flexibility index (Phi) is 6.02. The van der Waals surface area contributed by atoms with Crippen LogP contribution in [0.25, 0.3) is 0 Å². The van der Waals surface area contributed by atoms with Gasteiger partial charge in [0.2, 0.25) is 5.91 Å². The molecular formula is C22H30ClN3O3. The Morgan fingerprint density at radius 2 is 1.86 bits per heavy atom. The lowest BCUT2D eigenvalue weighted by molar-refractivity contribution is -0.141. The molecule has 0 unspecified atom stereocenters. The van der Waals surface area contributed by atoms with Gasteiger partial charge in [0.1, 0.15) is 0 Å². The SMILES string of the molecule is Cc1ccc(NC(=O)N2C[C@H](C(=O)N3CCCCC3)C3(CCOCC3)C2)c(Cl)c1. The topological polar surface area (TPSA) is 61.9 Å². The first kappa shape index (κ1) is 20.5. The molecule has 0 radical (unpaired) electrons. The van der Waals surface area contributed by atoms with Gasteiger partial charge in [0.15, 0.2) is 0 Å². The van der Waals surface area contributed by atoms with Gasteiger partial charge in [-0.1, -0.05) is 17.7 Å². The average Bonchev–Trinajstić information content (AvgIpc) is 3.09. The first-order chi connectivity index (χ1) is 14.0. The Labute approximate surface area is 177 Å². The number of anilines is 1. The molecule has 0 bridgehead atoms. The fourth-order valence-electron chi connectivity index (χ4n) is 5.00. The van der Waals surface area contributed by atoms with Gasteiger partial charge < -0.3 is 19.9 Å². The monoisotopic (exact) mass is 419 g/mol. The second-order valence-corrected chi connectivity index (χ2v) is 9.11. The number of amides is 3. The van der Waals surface area contributed by atoms with E-state index in [2.05, 4.69) is 5.32 Å². The molecule has 1 aromatic rings. The smallest absolute Gasteiger partial charge is 0.321 e. The van der Waals surface area contributed by atoms with Crippen molar-refractivity contribution >= 4 is 29.2 Å². The van der Waals surface area contributed by atoms with Gasteiger partial charge >= 0.3 is 6.03 Å². The number of nitrogens with zero attached hydrogens (tertiary/aromatic N) is 2. The summed E-state index contributed by atoms with van der Waals surface area (Å²) in [6.07, 6.45) is 4.99. The molecule has 1 N–H and O–H groups in total. The summed E-state index contributed by atoms with van der Waals surface area (Å²) in [7, 11) is 0. The fourth-order valence-corrected chi connectivity index (χ4v) is 5.28. The van der Waals surface area contributed by atoms with Crippen LogP contribution in [0.5, 0.6) is 0 Å². The molecule has 3 aliphatic rings. The van der Waals surface area contributed by atoms with E-state index in [1.54, 1.807) is 4.90 Å². The Morgan fingerprint density at radius 1 is 1.14 bits per heavy atom. The van der Waals surface area contributed by atoms with Crippen LogP contribution >= 0.6 is 11.6 Å². The van der Waals surface area contributed by atoms with Crippen molar-refractivity contribution in [1.29, 1.82) is 0 Å². The summed E-state index contributed by atoms with van der Waals surface area (Å²) in [4.78, 5) is 30.2. The summed E-state index contributed by atoms with van der Waals surface area (Å²) < 4.78 is 5.59. The molecule has 6 nitrogen and oxygen atoms in total. The number of piperidine rings is 1. The molecule has 1 atom stereocenters. The van der Waals surface area contributed by atoms with Crippen LogP contribution in [0.15, 0.2) is 18.2 Å². The van der Waals surface area contributed by atoms with Crippen molar-refractivity contribution in [3.05, 3.63) is 28.8 Å². The van der Waals surface area contributed by atoms with Gasteiger partial charge in [-0.25, -0.2) is 4.79 Å². The Bertz CT molecular complexity index is 773. The molecule has 0 saturated carbocycles. The lowest BCUT2D eigenvalue weighted by Crippen LogP contribution is -2.47. The number of hydrogen-bond acceptors (Lipinski definition) is 3. The van der Waals surface area contributed by atoms with E-state index in [1.807, 2.05) is 30.0 Å². The molecule has 3 heterocycles. The minimum absolute atomic E-state index is 0.149. The van der Waals surface area contributed by atoms with E-state index >= 15 is 0 Å². The van der Waals surface area contributed by atoms with Crippen LogP contribution in [0.1, 0.15) is 37.7 Å². The molecule has 3 amide bonds. The molecule has 158 valence electrons. The third kappa shape index (κ3) is 4.24. The molecule has 4 rings (SSSR count). The van der Waals surface area contributed by atoms with Crippen molar-refractivity contribution in [2.75, 3.05) is 44.7 Å². The zero-order valence-electron chi connectivity index (χ0n) is 17.1. The maximum Gasteiger partial charge on any atom is 0.321 e. The Hall–Kier alpha value is -1.79. The minimum Gasteiger partial charge on any atom is -0.381 e. The Morgan fingerprint density at radius 3 is 2.55 bits per heavy atom. The predicted molar refractivity (Wildman–Crippen MR) is 113 cm³/mol. The van der Waals surface area contributed by atoms with Gasteiger partial charge in [0, 0.05) is 44.8 Å². The first-order valence-electron chi connectivity index (χ1n) is 10.7. The van der Waals surface area contributed by atoms with E-state index in [0.717, 1.165) is 44.3 Å². The number of rotatable bonds is 2. The van der Waals surface area contributed by atoms with Crippen molar-refractivity contribution in [2.24, 2.45) is 11.3 Å². The maximum absolute atomic E-state index is 13.4. The van der Waals surface area contributed by atoms with E-state index < -0.39 is 0 Å². The summed E-state index contributed by atoms with van der Waals surface area (Å²) in [6.45, 7) is 6.01. The molecule has 3 aliphatic heterocycles. The summed E-state index contributed by atoms with van der Waals surface area (Å²) in [5.74, 6) is 0.0685. The van der Waals surface area contributed by atoms with Crippen molar-refractivity contribution in [3.8, 4) is 0 Å². The van der Waals surface area contributed by atoms with Gasteiger partial charge in [-0.05, 0) is 56.7 Å². The standard InChI is InChI=1S/C22H30ClN3O3/c1-16-5-6-19(18(23)13-16)24-21(28)26-14-17(20(27)25-9-3-2-4-10-25)22(15-26)7-11-29-12-8-22/h5-6,13,17H,2-4,7-12,14-15H2,1H3,(H,24,28)/t17-/m1/s1. The van der Waals surface area contributed by atoms with Gasteiger partial charge in [0.05, 0.1) is 16.6 Å². The second-order valence-electron chi connectivity index (χ2n) is 8.71. The maximum atomic E-state index is 13.4. The fraction of sp³-hybridized carbons (Fsp3) is 0.636. The van der Waals surface area contributed by atoms with Crippen LogP contribution in [-0.2, 0) is 9.53 Å². The van der Waals surface area contributed by atoms with Crippen molar-refractivity contribution < 1.29 is 14.3 Å². The van der Waals surface area contributed by atoms with Crippen LogP contribution in [0.4, 0.5) is 10.5 Å². The average molecular weight is 420 g/mol. The number of benzene rings is 1. The molecule has 7 heteroatoms. The number of ether oxygens (including phenoxy) is 1. The van der Waals surface area contributed by atoms with E-state index in [4.69, 9.17) is 16.3 Å². The van der Waals surface area contributed by atoms with Crippen LogP contribution in [0, 0.1) is 18.3 Å². The molecular weight excluding hydrogens is 390 g/mol. The van der Waals surface area contributed by atoms with Gasteiger partial charge in [0.25, 0.3) is 0 Å². The molecule has 1 spiro atoms. The third-order valence-corrected chi connectivity index (χ3v) is 7.07. The lowest BCUT2D eigenvalue weighted by Gasteiger charge is -2.39.